The molecule has 1 saturated heterocycles. The number of rotatable bonds is 4. The smallest absolute Gasteiger partial charge is 0.341 e. The quantitative estimate of drug-likeness (QED) is 0.530. The lowest BCUT2D eigenvalue weighted by Gasteiger charge is -2.15. The Morgan fingerprint density at radius 3 is 2.45 bits per heavy atom. The van der Waals surface area contributed by atoms with Crippen molar-refractivity contribution in [2.75, 3.05) is 6.61 Å². The molecule has 22 heavy (non-hydrogen) atoms. The van der Waals surface area contributed by atoms with Gasteiger partial charge in [-0.3, -0.25) is 20.2 Å². The molecule has 0 aromatic heterocycles. The highest BCUT2D eigenvalue weighted by molar-refractivity contribution is 9.10. The molecule has 114 valence electrons. The highest BCUT2D eigenvalue weighted by atomic mass is 79.9. The van der Waals surface area contributed by atoms with E-state index >= 15 is 0 Å². The predicted octanol–water partition coefficient (Wildman–Crippen LogP) is 0.662. The van der Waals surface area contributed by atoms with E-state index < -0.39 is 30.4 Å². The van der Waals surface area contributed by atoms with Crippen molar-refractivity contribution >= 4 is 45.8 Å². The van der Waals surface area contributed by atoms with Gasteiger partial charge in [0, 0.05) is 10.0 Å². The Hall–Kier alpha value is -2.68. The van der Waals surface area contributed by atoms with Crippen LogP contribution in [-0.4, -0.2) is 35.5 Å². The number of carbonyl (C=O) groups is 4. The second-order valence-corrected chi connectivity index (χ2v) is 5.08. The summed E-state index contributed by atoms with van der Waals surface area (Å²) in [6, 6.07) is 3.75. The number of carboxylic acids is 1. The average Bonchev–Trinajstić information content (AvgIpc) is 2.41. The minimum atomic E-state index is -1.17. The average molecular weight is 369 g/mol. The zero-order valence-corrected chi connectivity index (χ0v) is 12.5. The third-order valence-electron chi connectivity index (χ3n) is 2.57. The Balaban J connectivity index is 2.38. The highest BCUT2D eigenvalue weighted by Crippen LogP contribution is 2.26. The first kappa shape index (κ1) is 15.7. The fourth-order valence-electron chi connectivity index (χ4n) is 1.66. The van der Waals surface area contributed by atoms with E-state index in [1.54, 1.807) is 12.1 Å². The Morgan fingerprint density at radius 2 is 1.86 bits per heavy atom. The summed E-state index contributed by atoms with van der Waals surface area (Å²) in [7, 11) is 0. The van der Waals surface area contributed by atoms with E-state index in [4.69, 9.17) is 9.84 Å². The third-order valence-corrected chi connectivity index (χ3v) is 3.06. The number of aliphatic carboxylic acids is 1. The number of urea groups is 1. The molecule has 8 nitrogen and oxygen atoms in total. The van der Waals surface area contributed by atoms with E-state index in [-0.39, 0.29) is 11.3 Å². The normalized spacial score (nSPS) is 14.2. The lowest BCUT2D eigenvalue weighted by atomic mass is 10.1. The number of benzene rings is 1. The van der Waals surface area contributed by atoms with Crippen molar-refractivity contribution in [3.8, 4) is 5.75 Å². The van der Waals surface area contributed by atoms with Crippen molar-refractivity contribution in [1.82, 2.24) is 10.6 Å². The van der Waals surface area contributed by atoms with E-state index in [0.29, 0.717) is 10.0 Å². The van der Waals surface area contributed by atoms with E-state index in [0.717, 1.165) is 0 Å². The van der Waals surface area contributed by atoms with Crippen LogP contribution in [-0.2, 0) is 14.4 Å². The maximum atomic E-state index is 11.7. The Morgan fingerprint density at radius 1 is 1.23 bits per heavy atom. The van der Waals surface area contributed by atoms with Gasteiger partial charge in [0.2, 0.25) is 0 Å². The van der Waals surface area contributed by atoms with Gasteiger partial charge in [-0.25, -0.2) is 9.59 Å². The van der Waals surface area contributed by atoms with Gasteiger partial charge in [-0.1, -0.05) is 15.9 Å². The van der Waals surface area contributed by atoms with E-state index in [1.165, 1.54) is 12.1 Å². The van der Waals surface area contributed by atoms with Crippen LogP contribution in [0.5, 0.6) is 5.75 Å². The molecule has 1 aliphatic heterocycles. The molecule has 3 N–H and O–H groups in total. The zero-order chi connectivity index (χ0) is 16.3. The van der Waals surface area contributed by atoms with Gasteiger partial charge in [-0.15, -0.1) is 0 Å². The van der Waals surface area contributed by atoms with Gasteiger partial charge in [0.25, 0.3) is 11.8 Å². The summed E-state index contributed by atoms with van der Waals surface area (Å²) >= 11 is 3.22. The van der Waals surface area contributed by atoms with Crippen LogP contribution in [0.3, 0.4) is 0 Å². The van der Waals surface area contributed by atoms with Crippen molar-refractivity contribution in [3.63, 3.8) is 0 Å². The van der Waals surface area contributed by atoms with Crippen LogP contribution in [0.15, 0.2) is 28.2 Å². The van der Waals surface area contributed by atoms with Crippen molar-refractivity contribution in [3.05, 3.63) is 33.8 Å². The number of amides is 4. The third kappa shape index (κ3) is 3.70. The molecule has 4 amide bonds. The molecule has 0 aliphatic carbocycles. The van der Waals surface area contributed by atoms with Crippen LogP contribution >= 0.6 is 15.9 Å². The summed E-state index contributed by atoms with van der Waals surface area (Å²) in [6.07, 6.45) is 1.21. The zero-order valence-electron chi connectivity index (χ0n) is 10.9. The molecule has 1 fully saturated rings. The minimum Gasteiger partial charge on any atom is -0.481 e. The molecule has 0 radical (unpaired) electrons. The first-order chi connectivity index (χ1) is 10.4. The molecule has 9 heteroatoms. The van der Waals surface area contributed by atoms with Crippen LogP contribution in [0.4, 0.5) is 4.79 Å². The van der Waals surface area contributed by atoms with Gasteiger partial charge in [-0.2, -0.15) is 0 Å². The van der Waals surface area contributed by atoms with Gasteiger partial charge < -0.3 is 9.84 Å². The number of imide groups is 2. The molecule has 0 bridgehead atoms. The van der Waals surface area contributed by atoms with Crippen LogP contribution in [0.1, 0.15) is 5.56 Å². The number of hydrogen-bond donors (Lipinski definition) is 3. The van der Waals surface area contributed by atoms with Crippen molar-refractivity contribution < 1.29 is 29.0 Å². The predicted molar refractivity (Wildman–Crippen MR) is 76.9 cm³/mol. The largest absolute Gasteiger partial charge is 0.481 e. The van der Waals surface area contributed by atoms with Crippen LogP contribution in [0, 0.1) is 0 Å². The Bertz CT molecular complexity index is 690. The van der Waals surface area contributed by atoms with Crippen molar-refractivity contribution in [2.24, 2.45) is 0 Å². The molecule has 1 aromatic rings. The van der Waals surface area contributed by atoms with Gasteiger partial charge >= 0.3 is 12.0 Å². The van der Waals surface area contributed by atoms with Crippen LogP contribution < -0.4 is 15.4 Å². The number of carboxylic acid groups (broad SMARTS) is 1. The van der Waals surface area contributed by atoms with Crippen molar-refractivity contribution in [2.45, 2.75) is 0 Å². The topological polar surface area (TPSA) is 122 Å². The summed E-state index contributed by atoms with van der Waals surface area (Å²) in [5.74, 6) is -2.69. The fraction of sp³-hybridized carbons (Fsp3) is 0.0769. The second-order valence-electron chi connectivity index (χ2n) is 4.16. The summed E-state index contributed by atoms with van der Waals surface area (Å²) in [5, 5.41) is 12.5. The van der Waals surface area contributed by atoms with Crippen LogP contribution in [0.2, 0.25) is 0 Å². The molecular formula is C13H9BrN2O6. The summed E-state index contributed by atoms with van der Waals surface area (Å²) in [5.41, 5.74) is 0.0168. The van der Waals surface area contributed by atoms with Gasteiger partial charge in [0.15, 0.2) is 6.61 Å². The SMILES string of the molecule is O=C(O)COc1ccc(Br)cc1C=C1C(=O)NC(=O)NC1=O. The number of halogens is 1. The lowest BCUT2D eigenvalue weighted by Crippen LogP contribution is -2.51. The van der Waals surface area contributed by atoms with Crippen LogP contribution in [0.25, 0.3) is 6.08 Å². The fourth-order valence-corrected chi connectivity index (χ4v) is 2.04. The summed E-state index contributed by atoms with van der Waals surface area (Å²) in [4.78, 5) is 44.9. The molecular weight excluding hydrogens is 360 g/mol. The molecule has 0 spiro atoms. The molecule has 1 aromatic carbocycles. The molecule has 2 rings (SSSR count). The summed E-state index contributed by atoms with van der Waals surface area (Å²) < 4.78 is 5.73. The first-order valence-electron chi connectivity index (χ1n) is 5.89. The second kappa shape index (κ2) is 6.39. The van der Waals surface area contributed by atoms with E-state index in [9.17, 15) is 19.2 Å². The number of carbonyl (C=O) groups excluding carboxylic acids is 3. The van der Waals surface area contributed by atoms with Gasteiger partial charge in [0.05, 0.1) is 0 Å². The molecule has 0 unspecified atom stereocenters. The highest BCUT2D eigenvalue weighted by Gasteiger charge is 2.28. The number of ether oxygens (including phenoxy) is 1. The first-order valence-corrected chi connectivity index (χ1v) is 6.68. The van der Waals surface area contributed by atoms with Crippen molar-refractivity contribution in [1.29, 1.82) is 0 Å². The number of hydrogen-bond acceptors (Lipinski definition) is 5. The maximum absolute atomic E-state index is 11.7. The number of barbiturate groups is 1. The molecule has 1 heterocycles. The maximum Gasteiger partial charge on any atom is 0.341 e. The van der Waals surface area contributed by atoms with E-state index in [2.05, 4.69) is 15.9 Å². The standard InChI is InChI=1S/C13H9BrN2O6/c14-7-1-2-9(22-5-10(17)18)6(3-7)4-8-11(19)15-13(21)16-12(8)20/h1-4H,5H2,(H,17,18)(H2,15,16,19,20,21). The Kier molecular flexibility index (Phi) is 4.56. The minimum absolute atomic E-state index is 0.176. The van der Waals surface area contributed by atoms with Gasteiger partial charge in [-0.05, 0) is 24.3 Å². The Labute approximate surface area is 132 Å². The monoisotopic (exact) mass is 368 g/mol. The number of nitrogens with one attached hydrogen (secondary N) is 2. The van der Waals surface area contributed by atoms with Gasteiger partial charge in [0.1, 0.15) is 11.3 Å². The molecule has 0 saturated carbocycles. The van der Waals surface area contributed by atoms with E-state index in [1.807, 2.05) is 10.6 Å². The lowest BCUT2D eigenvalue weighted by molar-refractivity contribution is -0.139. The molecule has 0 atom stereocenters. The molecule has 1 aliphatic rings. The summed E-state index contributed by atoms with van der Waals surface area (Å²) in [6.45, 7) is -0.575.